The average molecular weight is 352 g/mol. The number of Topliss-reactive ketones (excluding diaryl/α,β-unsaturated/α-hetero) is 1. The second-order valence-electron chi connectivity index (χ2n) is 8.87. The van der Waals surface area contributed by atoms with Crippen LogP contribution in [0.2, 0.25) is 0 Å². The van der Waals surface area contributed by atoms with E-state index in [1.807, 2.05) is 20.8 Å². The van der Waals surface area contributed by atoms with Gasteiger partial charge >= 0.3 is 5.97 Å². The van der Waals surface area contributed by atoms with Gasteiger partial charge in [0.05, 0.1) is 11.5 Å². The molecule has 0 aromatic heterocycles. The molecular weight excluding hydrogens is 320 g/mol. The van der Waals surface area contributed by atoms with E-state index in [2.05, 4.69) is 0 Å². The minimum atomic E-state index is -1.28. The molecule has 2 rings (SSSR count). The summed E-state index contributed by atoms with van der Waals surface area (Å²) in [7, 11) is 0. The summed E-state index contributed by atoms with van der Waals surface area (Å²) in [6.07, 6.45) is 3.30. The zero-order chi connectivity index (χ0) is 19.2. The first kappa shape index (κ1) is 20.1. The minimum Gasteiger partial charge on any atom is -0.459 e. The van der Waals surface area contributed by atoms with Gasteiger partial charge in [-0.2, -0.15) is 0 Å². The molecule has 2 aliphatic rings. The average Bonchev–Trinajstić information content (AvgIpc) is 2.47. The topological polar surface area (TPSA) is 83.8 Å². The van der Waals surface area contributed by atoms with E-state index in [4.69, 9.17) is 4.74 Å². The number of hydrogen-bond acceptors (Lipinski definition) is 5. The summed E-state index contributed by atoms with van der Waals surface area (Å²) in [5, 5.41) is 21.6. The molecular formula is C20H32O5. The third kappa shape index (κ3) is 3.68. The minimum absolute atomic E-state index is 0.0721. The molecule has 5 atom stereocenters. The van der Waals surface area contributed by atoms with Crippen LogP contribution in [0.15, 0.2) is 11.6 Å². The Balaban J connectivity index is 2.36. The molecule has 2 aliphatic carbocycles. The van der Waals surface area contributed by atoms with Gasteiger partial charge in [0.1, 0.15) is 11.7 Å². The maximum Gasteiger partial charge on any atom is 0.309 e. The van der Waals surface area contributed by atoms with Crippen LogP contribution in [0, 0.1) is 17.3 Å². The van der Waals surface area contributed by atoms with Gasteiger partial charge in [0.15, 0.2) is 5.78 Å². The highest BCUT2D eigenvalue weighted by molar-refractivity contribution is 5.98. The number of hydrogen-bond donors (Lipinski definition) is 2. The van der Waals surface area contributed by atoms with Crippen LogP contribution in [0.4, 0.5) is 0 Å². The van der Waals surface area contributed by atoms with Gasteiger partial charge in [-0.05, 0) is 45.4 Å². The van der Waals surface area contributed by atoms with Crippen LogP contribution in [0.25, 0.3) is 0 Å². The second kappa shape index (κ2) is 6.51. The van der Waals surface area contributed by atoms with Crippen molar-refractivity contribution in [3.8, 4) is 0 Å². The lowest BCUT2D eigenvalue weighted by molar-refractivity contribution is -0.194. The van der Waals surface area contributed by atoms with E-state index in [0.29, 0.717) is 24.8 Å². The summed E-state index contributed by atoms with van der Waals surface area (Å²) in [6, 6.07) is 0. The van der Waals surface area contributed by atoms with Gasteiger partial charge in [0.2, 0.25) is 0 Å². The lowest BCUT2D eigenvalue weighted by Gasteiger charge is -2.54. The zero-order valence-corrected chi connectivity index (χ0v) is 16.3. The van der Waals surface area contributed by atoms with Crippen LogP contribution >= 0.6 is 0 Å². The monoisotopic (exact) mass is 352 g/mol. The second-order valence-corrected chi connectivity index (χ2v) is 8.87. The van der Waals surface area contributed by atoms with Gasteiger partial charge in [0.25, 0.3) is 0 Å². The smallest absolute Gasteiger partial charge is 0.309 e. The molecule has 25 heavy (non-hydrogen) atoms. The lowest BCUT2D eigenvalue weighted by atomic mass is 9.54. The first-order valence-corrected chi connectivity index (χ1v) is 9.23. The van der Waals surface area contributed by atoms with Crippen LogP contribution in [0.3, 0.4) is 0 Å². The SMILES string of the molecule is CCC(C)C(=O)OC1CCC2(C)CC(=O)C(C(C)(C)O)=CC2C1(C)O. The Morgan fingerprint density at radius 3 is 2.56 bits per heavy atom. The van der Waals surface area contributed by atoms with Crippen LogP contribution in [-0.2, 0) is 14.3 Å². The normalized spacial score (nSPS) is 37.1. The Hall–Kier alpha value is -1.20. The van der Waals surface area contributed by atoms with Crippen molar-refractivity contribution in [2.24, 2.45) is 17.3 Å². The molecule has 5 heteroatoms. The highest BCUT2D eigenvalue weighted by Gasteiger charge is 2.57. The van der Waals surface area contributed by atoms with Crippen molar-refractivity contribution in [2.45, 2.75) is 84.5 Å². The van der Waals surface area contributed by atoms with Gasteiger partial charge in [-0.3, -0.25) is 9.59 Å². The van der Waals surface area contributed by atoms with Crippen molar-refractivity contribution in [2.75, 3.05) is 0 Å². The Bertz CT molecular complexity index is 583. The van der Waals surface area contributed by atoms with E-state index in [9.17, 15) is 19.8 Å². The largest absolute Gasteiger partial charge is 0.459 e. The zero-order valence-electron chi connectivity index (χ0n) is 16.3. The fourth-order valence-electron chi connectivity index (χ4n) is 4.25. The van der Waals surface area contributed by atoms with Gasteiger partial charge in [-0.1, -0.05) is 26.8 Å². The number of ether oxygens (including phenoxy) is 1. The van der Waals surface area contributed by atoms with E-state index < -0.39 is 22.7 Å². The van der Waals surface area contributed by atoms with Gasteiger partial charge in [-0.15, -0.1) is 0 Å². The van der Waals surface area contributed by atoms with E-state index in [0.717, 1.165) is 0 Å². The summed E-state index contributed by atoms with van der Waals surface area (Å²) in [4.78, 5) is 24.7. The highest BCUT2D eigenvalue weighted by Crippen LogP contribution is 2.53. The molecule has 0 aromatic rings. The number of carbonyl (C=O) groups is 2. The molecule has 0 heterocycles. The van der Waals surface area contributed by atoms with E-state index in [1.54, 1.807) is 26.8 Å². The van der Waals surface area contributed by atoms with E-state index in [-0.39, 0.29) is 30.0 Å². The van der Waals surface area contributed by atoms with E-state index in [1.165, 1.54) is 0 Å². The Kier molecular flexibility index (Phi) is 5.24. The first-order valence-electron chi connectivity index (χ1n) is 9.23. The fraction of sp³-hybridized carbons (Fsp3) is 0.800. The molecule has 1 fully saturated rings. The molecule has 0 aromatic carbocycles. The maximum atomic E-state index is 12.5. The van der Waals surface area contributed by atoms with Gasteiger partial charge in [-0.25, -0.2) is 0 Å². The molecule has 5 unspecified atom stereocenters. The number of rotatable bonds is 4. The van der Waals surface area contributed by atoms with Gasteiger partial charge in [0, 0.05) is 17.9 Å². The van der Waals surface area contributed by atoms with Crippen molar-refractivity contribution in [1.82, 2.24) is 0 Å². The molecule has 1 saturated carbocycles. The van der Waals surface area contributed by atoms with Crippen molar-refractivity contribution >= 4 is 11.8 Å². The number of esters is 1. The molecule has 5 nitrogen and oxygen atoms in total. The number of fused-ring (bicyclic) bond motifs is 1. The van der Waals surface area contributed by atoms with Crippen molar-refractivity contribution in [3.05, 3.63) is 11.6 Å². The fourth-order valence-corrected chi connectivity index (χ4v) is 4.25. The first-order chi connectivity index (χ1) is 11.3. The molecule has 0 bridgehead atoms. The molecule has 0 radical (unpaired) electrons. The van der Waals surface area contributed by atoms with Crippen molar-refractivity contribution in [3.63, 3.8) is 0 Å². The predicted octanol–water partition coefficient (Wildman–Crippen LogP) is 2.78. The van der Waals surface area contributed by atoms with Gasteiger partial charge < -0.3 is 14.9 Å². The standard InChI is InChI=1S/C20H32O5/c1-7-12(2)17(22)25-16-8-9-19(5)11-14(21)13(18(3,4)23)10-15(19)20(16,6)24/h10,12,15-16,23-24H,7-9,11H2,1-6H3. The van der Waals surface area contributed by atoms with Crippen molar-refractivity contribution < 1.29 is 24.5 Å². The molecule has 2 N–H and O–H groups in total. The third-order valence-corrected chi connectivity index (χ3v) is 6.14. The summed E-state index contributed by atoms with van der Waals surface area (Å²) in [5.74, 6) is -0.936. The summed E-state index contributed by atoms with van der Waals surface area (Å²) >= 11 is 0. The van der Waals surface area contributed by atoms with Crippen LogP contribution in [0.1, 0.15) is 67.2 Å². The van der Waals surface area contributed by atoms with Crippen molar-refractivity contribution in [1.29, 1.82) is 0 Å². The van der Waals surface area contributed by atoms with E-state index >= 15 is 0 Å². The predicted molar refractivity (Wildman–Crippen MR) is 94.8 cm³/mol. The van der Waals surface area contributed by atoms with Crippen LogP contribution in [0.5, 0.6) is 0 Å². The number of ketones is 1. The van der Waals surface area contributed by atoms with Crippen LogP contribution in [-0.4, -0.2) is 39.3 Å². The molecule has 0 spiro atoms. The lowest BCUT2D eigenvalue weighted by Crippen LogP contribution is -2.59. The maximum absolute atomic E-state index is 12.5. The molecule has 0 aliphatic heterocycles. The number of carbonyl (C=O) groups excluding carboxylic acids is 2. The van der Waals surface area contributed by atoms with Crippen LogP contribution < -0.4 is 0 Å². The molecule has 142 valence electrons. The Labute approximate surface area is 150 Å². The summed E-state index contributed by atoms with van der Waals surface area (Å²) in [5.41, 5.74) is -2.60. The summed E-state index contributed by atoms with van der Waals surface area (Å²) in [6.45, 7) is 10.6. The highest BCUT2D eigenvalue weighted by atomic mass is 16.6. The Morgan fingerprint density at radius 2 is 2.04 bits per heavy atom. The summed E-state index contributed by atoms with van der Waals surface area (Å²) < 4.78 is 5.64. The quantitative estimate of drug-likeness (QED) is 0.760. The third-order valence-electron chi connectivity index (χ3n) is 6.14. The number of aliphatic hydroxyl groups is 2. The molecule has 0 saturated heterocycles. The molecule has 0 amide bonds. The Morgan fingerprint density at radius 1 is 1.44 bits per heavy atom.